The van der Waals surface area contributed by atoms with Crippen molar-refractivity contribution in [1.29, 1.82) is 0 Å². The Morgan fingerprint density at radius 1 is 1.30 bits per heavy atom. The van der Waals surface area contributed by atoms with Crippen molar-refractivity contribution >= 4 is 5.91 Å². The van der Waals surface area contributed by atoms with Crippen LogP contribution >= 0.6 is 0 Å². The summed E-state index contributed by atoms with van der Waals surface area (Å²) in [7, 11) is 0. The van der Waals surface area contributed by atoms with E-state index in [1.807, 2.05) is 11.8 Å². The second-order valence-electron chi connectivity index (χ2n) is 5.80. The van der Waals surface area contributed by atoms with Crippen molar-refractivity contribution in [2.45, 2.75) is 32.6 Å². The van der Waals surface area contributed by atoms with Gasteiger partial charge in [0.25, 0.3) is 0 Å². The van der Waals surface area contributed by atoms with Crippen LogP contribution < -0.4 is 5.73 Å². The van der Waals surface area contributed by atoms with Crippen molar-refractivity contribution in [2.75, 3.05) is 19.6 Å². The van der Waals surface area contributed by atoms with E-state index in [0.29, 0.717) is 12.5 Å². The normalized spacial score (nSPS) is 18.0. The number of carbonyl (C=O) groups excluding carboxylic acids is 1. The van der Waals surface area contributed by atoms with Crippen LogP contribution in [0.3, 0.4) is 0 Å². The smallest absolute Gasteiger partial charge is 0.226 e. The quantitative estimate of drug-likeness (QED) is 0.896. The number of likely N-dealkylation sites (tertiary alicyclic amines) is 1. The molecule has 3 heteroatoms. The number of nitrogens with zero attached hydrogens (tertiary/aromatic N) is 1. The Bertz CT molecular complexity index is 406. The molecule has 1 atom stereocenters. The summed E-state index contributed by atoms with van der Waals surface area (Å²) in [6.07, 6.45) is 4.21. The molecule has 2 N–H and O–H groups in total. The van der Waals surface area contributed by atoms with Crippen LogP contribution in [-0.2, 0) is 11.2 Å². The minimum Gasteiger partial charge on any atom is -0.342 e. The van der Waals surface area contributed by atoms with E-state index < -0.39 is 0 Å². The lowest BCUT2D eigenvalue weighted by atomic mass is 9.89. The number of carbonyl (C=O) groups is 1. The van der Waals surface area contributed by atoms with Gasteiger partial charge in [-0.2, -0.15) is 0 Å². The van der Waals surface area contributed by atoms with Gasteiger partial charge in [-0.1, -0.05) is 37.3 Å². The topological polar surface area (TPSA) is 46.3 Å². The molecule has 110 valence electrons. The number of piperidine rings is 1. The van der Waals surface area contributed by atoms with E-state index in [9.17, 15) is 4.79 Å². The molecule has 3 nitrogen and oxygen atoms in total. The maximum Gasteiger partial charge on any atom is 0.226 e. The van der Waals surface area contributed by atoms with Crippen LogP contribution in [0.25, 0.3) is 0 Å². The molecule has 0 radical (unpaired) electrons. The van der Waals surface area contributed by atoms with E-state index in [2.05, 4.69) is 30.3 Å². The third-order valence-electron chi connectivity index (χ3n) is 4.42. The van der Waals surface area contributed by atoms with Crippen LogP contribution in [0.15, 0.2) is 30.3 Å². The van der Waals surface area contributed by atoms with Crippen molar-refractivity contribution in [1.82, 2.24) is 4.90 Å². The maximum atomic E-state index is 12.3. The summed E-state index contributed by atoms with van der Waals surface area (Å²) >= 11 is 0. The Labute approximate surface area is 122 Å². The minimum atomic E-state index is 0.0145. The number of amides is 1. The molecular weight excluding hydrogens is 248 g/mol. The maximum absolute atomic E-state index is 12.3. The molecule has 0 spiro atoms. The highest BCUT2D eigenvalue weighted by Crippen LogP contribution is 2.23. The highest BCUT2D eigenvalue weighted by molar-refractivity contribution is 5.79. The van der Waals surface area contributed by atoms with Gasteiger partial charge in [0.15, 0.2) is 0 Å². The first-order valence-electron chi connectivity index (χ1n) is 7.77. The molecule has 1 aromatic carbocycles. The molecule has 0 aliphatic carbocycles. The molecule has 1 amide bonds. The second kappa shape index (κ2) is 7.44. The SMILES string of the molecule is CCC(CN)C(=O)N1CCC(Cc2ccccc2)CC1. The van der Waals surface area contributed by atoms with Gasteiger partial charge in [0, 0.05) is 19.6 Å². The van der Waals surface area contributed by atoms with Gasteiger partial charge in [0.05, 0.1) is 5.92 Å². The van der Waals surface area contributed by atoms with E-state index in [1.165, 1.54) is 5.56 Å². The van der Waals surface area contributed by atoms with Gasteiger partial charge >= 0.3 is 0 Å². The first-order valence-corrected chi connectivity index (χ1v) is 7.77. The van der Waals surface area contributed by atoms with E-state index in [0.717, 1.165) is 38.8 Å². The van der Waals surface area contributed by atoms with E-state index in [-0.39, 0.29) is 11.8 Å². The summed E-state index contributed by atoms with van der Waals surface area (Å²) in [6.45, 7) is 4.30. The Kier molecular flexibility index (Phi) is 5.60. The number of hydrogen-bond donors (Lipinski definition) is 1. The van der Waals surface area contributed by atoms with Crippen LogP contribution in [0.4, 0.5) is 0 Å². The lowest BCUT2D eigenvalue weighted by Crippen LogP contribution is -2.43. The fourth-order valence-corrected chi connectivity index (χ4v) is 3.01. The van der Waals surface area contributed by atoms with Crippen molar-refractivity contribution in [3.05, 3.63) is 35.9 Å². The molecule has 1 aliphatic heterocycles. The summed E-state index contributed by atoms with van der Waals surface area (Å²) in [6, 6.07) is 10.6. The van der Waals surface area contributed by atoms with Crippen LogP contribution in [0.1, 0.15) is 31.7 Å². The minimum absolute atomic E-state index is 0.0145. The highest BCUT2D eigenvalue weighted by Gasteiger charge is 2.26. The first-order chi connectivity index (χ1) is 9.74. The van der Waals surface area contributed by atoms with E-state index in [4.69, 9.17) is 5.73 Å². The molecule has 0 bridgehead atoms. The molecule has 1 fully saturated rings. The van der Waals surface area contributed by atoms with E-state index >= 15 is 0 Å². The standard InChI is InChI=1S/C17H26N2O/c1-2-16(13-18)17(20)19-10-8-15(9-11-19)12-14-6-4-3-5-7-14/h3-7,15-16H,2,8-13,18H2,1H3. The van der Waals surface area contributed by atoms with Gasteiger partial charge in [0.2, 0.25) is 5.91 Å². The Balaban J connectivity index is 1.82. The summed E-state index contributed by atoms with van der Waals surface area (Å²) in [4.78, 5) is 14.3. The van der Waals surface area contributed by atoms with Gasteiger partial charge in [-0.3, -0.25) is 4.79 Å². The van der Waals surface area contributed by atoms with Gasteiger partial charge < -0.3 is 10.6 Å². The highest BCUT2D eigenvalue weighted by atomic mass is 16.2. The van der Waals surface area contributed by atoms with Gasteiger partial charge in [-0.25, -0.2) is 0 Å². The summed E-state index contributed by atoms with van der Waals surface area (Å²) in [5.74, 6) is 0.980. The Morgan fingerprint density at radius 3 is 2.50 bits per heavy atom. The number of benzene rings is 1. The summed E-state index contributed by atoms with van der Waals surface area (Å²) < 4.78 is 0. The molecule has 1 aliphatic rings. The molecule has 0 aromatic heterocycles. The largest absolute Gasteiger partial charge is 0.342 e. The monoisotopic (exact) mass is 274 g/mol. The van der Waals surface area contributed by atoms with Crippen molar-refractivity contribution < 1.29 is 4.79 Å². The molecule has 1 saturated heterocycles. The lowest BCUT2D eigenvalue weighted by Gasteiger charge is -2.34. The van der Waals surface area contributed by atoms with E-state index in [1.54, 1.807) is 0 Å². The van der Waals surface area contributed by atoms with Crippen LogP contribution in [0, 0.1) is 11.8 Å². The molecule has 20 heavy (non-hydrogen) atoms. The molecule has 1 heterocycles. The lowest BCUT2D eigenvalue weighted by molar-refractivity contribution is -0.136. The van der Waals surface area contributed by atoms with Crippen molar-refractivity contribution in [3.63, 3.8) is 0 Å². The second-order valence-corrected chi connectivity index (χ2v) is 5.80. The number of hydrogen-bond acceptors (Lipinski definition) is 2. The number of nitrogens with two attached hydrogens (primary N) is 1. The molecule has 2 rings (SSSR count). The molecule has 0 saturated carbocycles. The third kappa shape index (κ3) is 3.83. The van der Waals surface area contributed by atoms with Crippen LogP contribution in [0.5, 0.6) is 0 Å². The average Bonchev–Trinajstić information content (AvgIpc) is 2.50. The third-order valence-corrected chi connectivity index (χ3v) is 4.42. The summed E-state index contributed by atoms with van der Waals surface area (Å²) in [5.41, 5.74) is 7.08. The first kappa shape index (κ1) is 15.0. The fraction of sp³-hybridized carbons (Fsp3) is 0.588. The number of rotatable bonds is 5. The van der Waals surface area contributed by atoms with Crippen LogP contribution in [0.2, 0.25) is 0 Å². The molecule has 1 aromatic rings. The zero-order valence-corrected chi connectivity index (χ0v) is 12.4. The predicted octanol–water partition coefficient (Wildman–Crippen LogP) is 2.45. The zero-order chi connectivity index (χ0) is 14.4. The van der Waals surface area contributed by atoms with Crippen LogP contribution in [-0.4, -0.2) is 30.4 Å². The van der Waals surface area contributed by atoms with Gasteiger partial charge in [-0.05, 0) is 37.2 Å². The average molecular weight is 274 g/mol. The molecule has 1 unspecified atom stereocenters. The van der Waals surface area contributed by atoms with Gasteiger partial charge in [0.1, 0.15) is 0 Å². The predicted molar refractivity (Wildman–Crippen MR) is 82.3 cm³/mol. The Hall–Kier alpha value is -1.35. The zero-order valence-electron chi connectivity index (χ0n) is 12.4. The Morgan fingerprint density at radius 2 is 1.95 bits per heavy atom. The fourth-order valence-electron chi connectivity index (χ4n) is 3.01. The molecular formula is C17H26N2O. The summed E-state index contributed by atoms with van der Waals surface area (Å²) in [5, 5.41) is 0. The van der Waals surface area contributed by atoms with Gasteiger partial charge in [-0.15, -0.1) is 0 Å². The van der Waals surface area contributed by atoms with Crippen molar-refractivity contribution in [2.24, 2.45) is 17.6 Å². The van der Waals surface area contributed by atoms with Crippen molar-refractivity contribution in [3.8, 4) is 0 Å².